The molecule has 24 heavy (non-hydrogen) atoms. The fourth-order valence-corrected chi connectivity index (χ4v) is 4.31. The van der Waals surface area contributed by atoms with Crippen molar-refractivity contribution in [3.05, 3.63) is 67.4 Å². The molecule has 1 amide bonds. The van der Waals surface area contributed by atoms with Crippen molar-refractivity contribution in [3.63, 3.8) is 0 Å². The number of nitrogens with zero attached hydrogens (tertiary/aromatic N) is 1. The molecule has 2 N–H and O–H groups in total. The molecule has 3 rings (SSSR count). The summed E-state index contributed by atoms with van der Waals surface area (Å²) in [5.74, 6) is 0.424. The van der Waals surface area contributed by atoms with E-state index in [1.807, 2.05) is 24.3 Å². The fraction of sp³-hybridized carbons (Fsp3) is 0.312. The van der Waals surface area contributed by atoms with Crippen LogP contribution in [0.3, 0.4) is 0 Å². The van der Waals surface area contributed by atoms with Crippen molar-refractivity contribution in [3.8, 4) is 0 Å². The monoisotopic (exact) mass is 365 g/mol. The molecule has 1 atom stereocenters. The second-order valence-corrected chi connectivity index (χ2v) is 7.18. The summed E-state index contributed by atoms with van der Waals surface area (Å²) < 4.78 is 0. The Morgan fingerprint density at radius 2 is 2.00 bits per heavy atom. The predicted molar refractivity (Wildman–Crippen MR) is 94.9 cm³/mol. The van der Waals surface area contributed by atoms with E-state index in [-0.39, 0.29) is 16.9 Å². The van der Waals surface area contributed by atoms with Gasteiger partial charge in [0.15, 0.2) is 0 Å². The van der Waals surface area contributed by atoms with Crippen molar-refractivity contribution in [2.45, 2.75) is 11.7 Å². The lowest BCUT2D eigenvalue weighted by atomic mass is 10.1. The molecule has 6 nitrogen and oxygen atoms in total. The van der Waals surface area contributed by atoms with Crippen molar-refractivity contribution >= 4 is 29.3 Å². The Morgan fingerprint density at radius 3 is 2.75 bits per heavy atom. The van der Waals surface area contributed by atoms with Gasteiger partial charge >= 0.3 is 5.69 Å². The summed E-state index contributed by atoms with van der Waals surface area (Å²) in [5.41, 5.74) is -0.169. The second-order valence-electron chi connectivity index (χ2n) is 5.46. The highest BCUT2D eigenvalue weighted by atomic mass is 35.5. The maximum absolute atomic E-state index is 12.5. The summed E-state index contributed by atoms with van der Waals surface area (Å²) in [6, 6.07) is 8.84. The Labute approximate surface area is 147 Å². The summed E-state index contributed by atoms with van der Waals surface area (Å²) >= 11 is 8.02. The first-order chi connectivity index (χ1) is 11.5. The summed E-state index contributed by atoms with van der Waals surface area (Å²) in [7, 11) is 0. The standard InChI is InChI=1S/C16H16ClN3O3S/c17-11-4-2-1-3-10(11)13-5-6-20(7-8-24-13)15(22)12-9-14(21)19-16(23)18-12/h1-4,9,13H,5-8H2,(H2,18,19,21,23). The largest absolute Gasteiger partial charge is 0.336 e. The molecular formula is C16H16ClN3O3S. The van der Waals surface area contributed by atoms with E-state index >= 15 is 0 Å². The zero-order valence-electron chi connectivity index (χ0n) is 12.8. The number of hydrogen-bond donors (Lipinski definition) is 2. The molecule has 2 aromatic rings. The molecule has 1 aromatic carbocycles. The van der Waals surface area contributed by atoms with Crippen molar-refractivity contribution in [1.82, 2.24) is 14.9 Å². The van der Waals surface area contributed by atoms with Crippen molar-refractivity contribution in [1.29, 1.82) is 0 Å². The number of amides is 1. The molecule has 1 saturated heterocycles. The van der Waals surface area contributed by atoms with E-state index in [4.69, 9.17) is 11.6 Å². The quantitative estimate of drug-likeness (QED) is 0.852. The third-order valence-corrected chi connectivity index (χ3v) is 5.53. The lowest BCUT2D eigenvalue weighted by Gasteiger charge is -2.20. The Balaban J connectivity index is 1.76. The van der Waals surface area contributed by atoms with Crippen LogP contribution in [0, 0.1) is 0 Å². The van der Waals surface area contributed by atoms with Crippen LogP contribution in [-0.2, 0) is 0 Å². The van der Waals surface area contributed by atoms with Gasteiger partial charge in [0.2, 0.25) is 0 Å². The van der Waals surface area contributed by atoms with Gasteiger partial charge < -0.3 is 9.88 Å². The molecule has 1 fully saturated rings. The number of aromatic nitrogens is 2. The molecule has 1 aliphatic heterocycles. The van der Waals surface area contributed by atoms with Gasteiger partial charge in [0.05, 0.1) is 0 Å². The topological polar surface area (TPSA) is 86.0 Å². The van der Waals surface area contributed by atoms with Crippen LogP contribution in [0.15, 0.2) is 39.9 Å². The minimum atomic E-state index is -0.677. The lowest BCUT2D eigenvalue weighted by Crippen LogP contribution is -2.36. The zero-order valence-corrected chi connectivity index (χ0v) is 14.3. The predicted octanol–water partition coefficient (Wildman–Crippen LogP) is 2.04. The van der Waals surface area contributed by atoms with Crippen LogP contribution >= 0.6 is 23.4 Å². The lowest BCUT2D eigenvalue weighted by molar-refractivity contribution is 0.0760. The third-order valence-electron chi connectivity index (χ3n) is 3.87. The van der Waals surface area contributed by atoms with E-state index in [9.17, 15) is 14.4 Å². The first-order valence-corrected chi connectivity index (χ1v) is 8.96. The van der Waals surface area contributed by atoms with Gasteiger partial charge in [-0.05, 0) is 18.1 Å². The van der Waals surface area contributed by atoms with Crippen LogP contribution in [0.1, 0.15) is 27.7 Å². The van der Waals surface area contributed by atoms with Crippen molar-refractivity contribution in [2.24, 2.45) is 0 Å². The second kappa shape index (κ2) is 7.27. The average molecular weight is 366 g/mol. The van der Waals surface area contributed by atoms with E-state index in [0.717, 1.165) is 28.8 Å². The van der Waals surface area contributed by atoms with Gasteiger partial charge in [-0.25, -0.2) is 4.79 Å². The number of carbonyl (C=O) groups excluding carboxylic acids is 1. The summed E-state index contributed by atoms with van der Waals surface area (Å²) in [5, 5.41) is 0.948. The summed E-state index contributed by atoms with van der Waals surface area (Å²) in [6.07, 6.45) is 0.758. The van der Waals surface area contributed by atoms with Crippen LogP contribution in [0.5, 0.6) is 0 Å². The van der Waals surface area contributed by atoms with Crippen LogP contribution in [-0.4, -0.2) is 39.6 Å². The van der Waals surface area contributed by atoms with Gasteiger partial charge in [0.25, 0.3) is 11.5 Å². The molecule has 8 heteroatoms. The third kappa shape index (κ3) is 3.73. The molecule has 0 saturated carbocycles. The first kappa shape index (κ1) is 16.9. The molecule has 1 aromatic heterocycles. The van der Waals surface area contributed by atoms with E-state index in [1.165, 1.54) is 0 Å². The van der Waals surface area contributed by atoms with Gasteiger partial charge in [-0.15, -0.1) is 0 Å². The van der Waals surface area contributed by atoms with Gasteiger partial charge in [-0.1, -0.05) is 29.8 Å². The minimum Gasteiger partial charge on any atom is -0.336 e. The SMILES string of the molecule is O=C(c1cc(=O)[nH]c(=O)[nH]1)N1CCSC(c2ccccc2Cl)CC1. The number of H-pyrrole nitrogens is 2. The highest BCUT2D eigenvalue weighted by Gasteiger charge is 2.24. The average Bonchev–Trinajstić information content (AvgIpc) is 2.79. The molecule has 0 radical (unpaired) electrons. The van der Waals surface area contributed by atoms with Gasteiger partial charge in [-0.2, -0.15) is 11.8 Å². The molecular weight excluding hydrogens is 350 g/mol. The van der Waals surface area contributed by atoms with E-state index in [0.29, 0.717) is 13.1 Å². The highest BCUT2D eigenvalue weighted by molar-refractivity contribution is 7.99. The molecule has 0 aliphatic carbocycles. The van der Waals surface area contributed by atoms with Crippen molar-refractivity contribution < 1.29 is 4.79 Å². The fourth-order valence-electron chi connectivity index (χ4n) is 2.71. The molecule has 1 aliphatic rings. The van der Waals surface area contributed by atoms with Crippen LogP contribution in [0.2, 0.25) is 5.02 Å². The number of halogens is 1. The summed E-state index contributed by atoms with van der Waals surface area (Å²) in [4.78, 5) is 41.4. The number of hydrogen-bond acceptors (Lipinski definition) is 4. The minimum absolute atomic E-state index is 0.0185. The summed E-state index contributed by atoms with van der Waals surface area (Å²) in [6.45, 7) is 1.09. The highest BCUT2D eigenvalue weighted by Crippen LogP contribution is 2.37. The number of thioether (sulfide) groups is 1. The molecule has 0 bridgehead atoms. The van der Waals surface area contributed by atoms with E-state index in [1.54, 1.807) is 16.7 Å². The number of aromatic amines is 2. The number of nitrogens with one attached hydrogen (secondary N) is 2. The molecule has 126 valence electrons. The van der Waals surface area contributed by atoms with Crippen molar-refractivity contribution in [2.75, 3.05) is 18.8 Å². The number of benzene rings is 1. The number of carbonyl (C=O) groups is 1. The molecule has 1 unspecified atom stereocenters. The molecule has 2 heterocycles. The Morgan fingerprint density at radius 1 is 1.21 bits per heavy atom. The Bertz CT molecular complexity index is 836. The Kier molecular flexibility index (Phi) is 5.11. The van der Waals surface area contributed by atoms with Gasteiger partial charge in [0.1, 0.15) is 5.69 Å². The normalized spacial score (nSPS) is 18.2. The first-order valence-electron chi connectivity index (χ1n) is 7.53. The van der Waals surface area contributed by atoms with Crippen LogP contribution in [0.4, 0.5) is 0 Å². The van der Waals surface area contributed by atoms with Gasteiger partial charge in [0, 0.05) is 35.2 Å². The maximum Gasteiger partial charge on any atom is 0.326 e. The zero-order chi connectivity index (χ0) is 17.1. The van der Waals surface area contributed by atoms with Crippen LogP contribution in [0.25, 0.3) is 0 Å². The number of rotatable bonds is 2. The Hall–Kier alpha value is -1.99. The van der Waals surface area contributed by atoms with Crippen LogP contribution < -0.4 is 11.2 Å². The smallest absolute Gasteiger partial charge is 0.326 e. The molecule has 0 spiro atoms. The van der Waals surface area contributed by atoms with Gasteiger partial charge in [-0.3, -0.25) is 14.6 Å². The van der Waals surface area contributed by atoms with E-state index in [2.05, 4.69) is 9.97 Å². The maximum atomic E-state index is 12.5. The van der Waals surface area contributed by atoms with E-state index < -0.39 is 11.2 Å².